The van der Waals surface area contributed by atoms with Crippen molar-refractivity contribution in [2.75, 3.05) is 25.5 Å². The van der Waals surface area contributed by atoms with Crippen LogP contribution < -0.4 is 10.1 Å². The molecule has 0 saturated carbocycles. The Hall–Kier alpha value is -3.13. The van der Waals surface area contributed by atoms with E-state index in [9.17, 15) is 19.7 Å². The van der Waals surface area contributed by atoms with Crippen molar-refractivity contribution in [2.24, 2.45) is 0 Å². The fraction of sp³-hybridized carbons (Fsp3) is 0.176. The monoisotopic (exact) mass is 375 g/mol. The number of halogens is 1. The lowest BCUT2D eigenvalue weighted by Crippen LogP contribution is -2.27. The number of fused-ring (bicyclic) bond motifs is 1. The average molecular weight is 376 g/mol. The Bertz CT molecular complexity index is 915. The number of amides is 2. The lowest BCUT2D eigenvalue weighted by Gasteiger charge is -2.13. The zero-order chi connectivity index (χ0) is 18.8. The maximum atomic E-state index is 12.4. The molecule has 2 aromatic carbocycles. The molecule has 2 aromatic rings. The van der Waals surface area contributed by atoms with Gasteiger partial charge in [-0.15, -0.1) is 0 Å². The van der Waals surface area contributed by atoms with Crippen molar-refractivity contribution in [3.8, 4) is 5.75 Å². The number of nitrogens with one attached hydrogen (secondary N) is 1. The summed E-state index contributed by atoms with van der Waals surface area (Å²) in [6.07, 6.45) is 0. The predicted molar refractivity (Wildman–Crippen MR) is 95.0 cm³/mol. The first-order valence-corrected chi connectivity index (χ1v) is 8.02. The highest BCUT2D eigenvalue weighted by molar-refractivity contribution is 6.32. The van der Waals surface area contributed by atoms with Gasteiger partial charge in [0.2, 0.25) is 0 Å². The van der Waals surface area contributed by atoms with Crippen molar-refractivity contribution in [3.63, 3.8) is 0 Å². The number of nitrogens with zero attached hydrogens (tertiary/aromatic N) is 2. The van der Waals surface area contributed by atoms with Gasteiger partial charge >= 0.3 is 0 Å². The summed E-state index contributed by atoms with van der Waals surface area (Å²) in [6.45, 7) is 0.846. The van der Waals surface area contributed by atoms with Gasteiger partial charge in [0.15, 0.2) is 0 Å². The predicted octanol–water partition coefficient (Wildman–Crippen LogP) is 2.96. The molecule has 3 rings (SSSR count). The van der Waals surface area contributed by atoms with Crippen LogP contribution in [0, 0.1) is 10.1 Å². The van der Waals surface area contributed by atoms with Gasteiger partial charge in [-0.05, 0) is 30.3 Å². The van der Waals surface area contributed by atoms with Crippen LogP contribution in [-0.2, 0) is 0 Å². The van der Waals surface area contributed by atoms with Crippen LogP contribution in [0.4, 0.5) is 11.4 Å². The van der Waals surface area contributed by atoms with Crippen LogP contribution in [0.25, 0.3) is 0 Å². The molecule has 0 aliphatic carbocycles. The van der Waals surface area contributed by atoms with Gasteiger partial charge < -0.3 is 15.0 Å². The summed E-state index contributed by atoms with van der Waals surface area (Å²) in [4.78, 5) is 36.5. The summed E-state index contributed by atoms with van der Waals surface area (Å²) in [7, 11) is 1.67. The van der Waals surface area contributed by atoms with E-state index >= 15 is 0 Å². The first-order valence-electron chi connectivity index (χ1n) is 7.64. The second kappa shape index (κ2) is 7.01. The summed E-state index contributed by atoms with van der Waals surface area (Å²) in [5, 5.41) is 13.5. The van der Waals surface area contributed by atoms with Crippen LogP contribution >= 0.6 is 11.6 Å². The molecule has 2 amide bonds. The Morgan fingerprint density at radius 2 is 2.08 bits per heavy atom. The number of carbonyl (C=O) groups is 2. The first-order chi connectivity index (χ1) is 12.4. The van der Waals surface area contributed by atoms with Crippen LogP contribution in [0.5, 0.6) is 5.75 Å². The molecule has 0 saturated heterocycles. The van der Waals surface area contributed by atoms with E-state index in [-0.39, 0.29) is 22.2 Å². The topological polar surface area (TPSA) is 102 Å². The van der Waals surface area contributed by atoms with E-state index in [0.29, 0.717) is 30.2 Å². The van der Waals surface area contributed by atoms with Gasteiger partial charge in [0.05, 0.1) is 17.0 Å². The second-order valence-corrected chi connectivity index (χ2v) is 6.07. The number of ether oxygens (including phenoxy) is 1. The molecular weight excluding hydrogens is 362 g/mol. The number of hydrogen-bond acceptors (Lipinski definition) is 5. The van der Waals surface area contributed by atoms with Crippen LogP contribution in [-0.4, -0.2) is 41.8 Å². The zero-order valence-corrected chi connectivity index (χ0v) is 14.4. The molecule has 9 heteroatoms. The van der Waals surface area contributed by atoms with E-state index in [2.05, 4.69) is 5.32 Å². The summed E-state index contributed by atoms with van der Waals surface area (Å²) in [5.41, 5.74) is 0.436. The largest absolute Gasteiger partial charge is 0.491 e. The highest BCUT2D eigenvalue weighted by atomic mass is 35.5. The summed E-state index contributed by atoms with van der Waals surface area (Å²) in [5.74, 6) is -0.324. The number of likely N-dealkylation sites (N-methyl/N-ethyl adjacent to an activating group) is 1. The standard InChI is InChI=1S/C17H14ClN3O5/c1-20-6-7-26-15-5-3-11(9-12(15)17(20)23)19-16(22)10-2-4-13(18)14(8-10)21(24)25/h2-5,8-9H,6-7H2,1H3,(H,19,22). The Balaban J connectivity index is 1.87. The quantitative estimate of drug-likeness (QED) is 0.656. The van der Waals surface area contributed by atoms with Crippen LogP contribution in [0.2, 0.25) is 5.02 Å². The van der Waals surface area contributed by atoms with Crippen molar-refractivity contribution in [1.82, 2.24) is 4.90 Å². The molecule has 0 radical (unpaired) electrons. The fourth-order valence-corrected chi connectivity index (χ4v) is 2.68. The summed E-state index contributed by atoms with van der Waals surface area (Å²) >= 11 is 5.75. The van der Waals surface area contributed by atoms with Crippen molar-refractivity contribution >= 4 is 34.8 Å². The number of anilines is 1. The second-order valence-electron chi connectivity index (χ2n) is 5.66. The van der Waals surface area contributed by atoms with Gasteiger partial charge in [-0.1, -0.05) is 11.6 Å². The normalized spacial score (nSPS) is 13.5. The van der Waals surface area contributed by atoms with Crippen LogP contribution in [0.1, 0.15) is 20.7 Å². The molecule has 0 atom stereocenters. The molecular formula is C17H14ClN3O5. The van der Waals surface area contributed by atoms with Gasteiger partial charge in [0.25, 0.3) is 17.5 Å². The number of nitro groups is 1. The summed E-state index contributed by atoms with van der Waals surface area (Å²) in [6, 6.07) is 8.49. The number of nitro benzene ring substituents is 1. The SMILES string of the molecule is CN1CCOc2ccc(NC(=O)c3ccc(Cl)c([N+](=O)[O-])c3)cc2C1=O. The number of carbonyl (C=O) groups excluding carboxylic acids is 2. The van der Waals surface area contributed by atoms with Crippen molar-refractivity contribution in [2.45, 2.75) is 0 Å². The minimum absolute atomic E-state index is 0.0534. The Morgan fingerprint density at radius 3 is 2.81 bits per heavy atom. The Morgan fingerprint density at radius 1 is 1.31 bits per heavy atom. The van der Waals surface area contributed by atoms with Gasteiger partial charge in [-0.3, -0.25) is 19.7 Å². The molecule has 0 aromatic heterocycles. The van der Waals surface area contributed by atoms with Crippen molar-refractivity contribution in [3.05, 3.63) is 62.7 Å². The van der Waals surface area contributed by atoms with Crippen molar-refractivity contribution in [1.29, 1.82) is 0 Å². The lowest BCUT2D eigenvalue weighted by molar-refractivity contribution is -0.384. The van der Waals surface area contributed by atoms with Gasteiger partial charge in [0.1, 0.15) is 17.4 Å². The maximum absolute atomic E-state index is 12.4. The van der Waals surface area contributed by atoms with Gasteiger partial charge in [0, 0.05) is 24.4 Å². The minimum atomic E-state index is -0.659. The Kier molecular flexibility index (Phi) is 4.77. The molecule has 1 N–H and O–H groups in total. The molecule has 134 valence electrons. The van der Waals surface area contributed by atoms with E-state index in [1.54, 1.807) is 19.2 Å². The van der Waals surface area contributed by atoms with E-state index in [0.717, 1.165) is 6.07 Å². The molecule has 1 aliphatic heterocycles. The Labute approximate surface area is 153 Å². The molecule has 0 unspecified atom stereocenters. The third kappa shape index (κ3) is 3.45. The lowest BCUT2D eigenvalue weighted by atomic mass is 10.1. The molecule has 8 nitrogen and oxygen atoms in total. The molecule has 26 heavy (non-hydrogen) atoms. The molecule has 0 bridgehead atoms. The van der Waals surface area contributed by atoms with Crippen LogP contribution in [0.3, 0.4) is 0 Å². The highest BCUT2D eigenvalue weighted by Gasteiger charge is 2.22. The number of hydrogen-bond donors (Lipinski definition) is 1. The van der Waals surface area contributed by atoms with Gasteiger partial charge in [-0.25, -0.2) is 0 Å². The first kappa shape index (κ1) is 17.7. The van der Waals surface area contributed by atoms with E-state index in [4.69, 9.17) is 16.3 Å². The van der Waals surface area contributed by atoms with Gasteiger partial charge in [-0.2, -0.15) is 0 Å². The van der Waals surface area contributed by atoms with E-state index < -0.39 is 10.8 Å². The fourth-order valence-electron chi connectivity index (χ4n) is 2.50. The van der Waals surface area contributed by atoms with Crippen molar-refractivity contribution < 1.29 is 19.2 Å². The average Bonchev–Trinajstić information content (AvgIpc) is 2.74. The third-order valence-electron chi connectivity index (χ3n) is 3.90. The maximum Gasteiger partial charge on any atom is 0.288 e. The van der Waals surface area contributed by atoms with Crippen LogP contribution in [0.15, 0.2) is 36.4 Å². The smallest absolute Gasteiger partial charge is 0.288 e. The molecule has 0 fully saturated rings. The zero-order valence-electron chi connectivity index (χ0n) is 13.7. The molecule has 0 spiro atoms. The summed E-state index contributed by atoms with van der Waals surface area (Å²) < 4.78 is 5.52. The van der Waals surface area contributed by atoms with E-state index in [1.165, 1.54) is 23.1 Å². The van der Waals surface area contributed by atoms with E-state index in [1.807, 2.05) is 0 Å². The third-order valence-corrected chi connectivity index (χ3v) is 4.22. The number of rotatable bonds is 3. The highest BCUT2D eigenvalue weighted by Crippen LogP contribution is 2.28. The number of benzene rings is 2. The molecule has 1 heterocycles. The minimum Gasteiger partial charge on any atom is -0.491 e. The molecule has 1 aliphatic rings.